The lowest BCUT2D eigenvalue weighted by atomic mass is 10.1. The van der Waals surface area contributed by atoms with Gasteiger partial charge in [-0.15, -0.1) is 0 Å². The van der Waals surface area contributed by atoms with Gasteiger partial charge in [0.2, 0.25) is 0 Å². The van der Waals surface area contributed by atoms with Crippen LogP contribution in [0, 0.1) is 13.8 Å². The Labute approximate surface area is 124 Å². The number of nitrogens with one attached hydrogen (secondary N) is 2. The standard InChI is InChI=1S/C17H20N2O2/c1-11-6-4-7-13(16(11)20)10-19-15-9-5-8-14(12(15)2)17(21)18-3/h4-9,19-20H,10H2,1-3H3,(H,18,21). The van der Waals surface area contributed by atoms with Crippen LogP contribution in [-0.2, 0) is 6.54 Å². The molecule has 0 aromatic heterocycles. The number of anilines is 1. The van der Waals surface area contributed by atoms with Gasteiger partial charge in [0, 0.05) is 30.4 Å². The van der Waals surface area contributed by atoms with Gasteiger partial charge in [-0.25, -0.2) is 0 Å². The van der Waals surface area contributed by atoms with Crippen LogP contribution in [0.3, 0.4) is 0 Å². The van der Waals surface area contributed by atoms with Crippen LogP contribution >= 0.6 is 0 Å². The summed E-state index contributed by atoms with van der Waals surface area (Å²) < 4.78 is 0. The SMILES string of the molecule is CNC(=O)c1cccc(NCc2cccc(C)c2O)c1C. The van der Waals surface area contributed by atoms with E-state index in [1.807, 2.05) is 44.2 Å². The number of aromatic hydroxyl groups is 1. The molecule has 0 saturated heterocycles. The summed E-state index contributed by atoms with van der Waals surface area (Å²) in [7, 11) is 1.62. The van der Waals surface area contributed by atoms with E-state index in [2.05, 4.69) is 10.6 Å². The van der Waals surface area contributed by atoms with E-state index in [0.717, 1.165) is 22.4 Å². The van der Waals surface area contributed by atoms with Crippen LogP contribution in [0.1, 0.15) is 27.0 Å². The van der Waals surface area contributed by atoms with Crippen molar-refractivity contribution in [1.82, 2.24) is 5.32 Å². The molecule has 0 aliphatic rings. The maximum absolute atomic E-state index is 11.8. The molecular weight excluding hydrogens is 264 g/mol. The van der Waals surface area contributed by atoms with Crippen LogP contribution in [0.15, 0.2) is 36.4 Å². The van der Waals surface area contributed by atoms with Crippen molar-refractivity contribution < 1.29 is 9.90 Å². The number of para-hydroxylation sites is 1. The lowest BCUT2D eigenvalue weighted by molar-refractivity contribution is 0.0962. The maximum atomic E-state index is 11.8. The molecule has 3 N–H and O–H groups in total. The minimum absolute atomic E-state index is 0.102. The molecular formula is C17H20N2O2. The molecule has 4 nitrogen and oxygen atoms in total. The van der Waals surface area contributed by atoms with Crippen molar-refractivity contribution in [3.8, 4) is 5.75 Å². The van der Waals surface area contributed by atoms with Crippen LogP contribution < -0.4 is 10.6 Å². The summed E-state index contributed by atoms with van der Waals surface area (Å²) in [6, 6.07) is 11.2. The van der Waals surface area contributed by atoms with Crippen LogP contribution in [0.2, 0.25) is 0 Å². The molecule has 0 unspecified atom stereocenters. The number of phenolic OH excluding ortho intramolecular Hbond substituents is 1. The summed E-state index contributed by atoms with van der Waals surface area (Å²) >= 11 is 0. The Bertz CT molecular complexity index is 666. The van der Waals surface area contributed by atoms with Crippen molar-refractivity contribution in [3.05, 3.63) is 58.7 Å². The average Bonchev–Trinajstić information content (AvgIpc) is 2.49. The lowest BCUT2D eigenvalue weighted by Gasteiger charge is -2.14. The summed E-state index contributed by atoms with van der Waals surface area (Å²) in [5.74, 6) is 0.208. The number of hydrogen-bond acceptors (Lipinski definition) is 3. The number of aryl methyl sites for hydroxylation is 1. The van der Waals surface area contributed by atoms with Gasteiger partial charge in [-0.05, 0) is 37.1 Å². The zero-order chi connectivity index (χ0) is 15.4. The third-order valence-corrected chi connectivity index (χ3v) is 3.60. The van der Waals surface area contributed by atoms with E-state index in [0.29, 0.717) is 17.9 Å². The van der Waals surface area contributed by atoms with E-state index in [1.54, 1.807) is 13.1 Å². The Kier molecular flexibility index (Phi) is 4.48. The summed E-state index contributed by atoms with van der Waals surface area (Å²) in [4.78, 5) is 11.8. The van der Waals surface area contributed by atoms with Gasteiger partial charge in [-0.3, -0.25) is 4.79 Å². The first kappa shape index (κ1) is 14.9. The second kappa shape index (κ2) is 6.31. The number of carbonyl (C=O) groups is 1. The summed E-state index contributed by atoms with van der Waals surface area (Å²) in [5, 5.41) is 15.9. The van der Waals surface area contributed by atoms with E-state index in [-0.39, 0.29) is 5.91 Å². The van der Waals surface area contributed by atoms with Gasteiger partial charge in [0.1, 0.15) is 5.75 Å². The molecule has 0 radical (unpaired) electrons. The molecule has 0 fully saturated rings. The minimum Gasteiger partial charge on any atom is -0.507 e. The normalized spacial score (nSPS) is 10.2. The highest BCUT2D eigenvalue weighted by atomic mass is 16.3. The number of benzene rings is 2. The van der Waals surface area contributed by atoms with Crippen molar-refractivity contribution in [1.29, 1.82) is 0 Å². The third-order valence-electron chi connectivity index (χ3n) is 3.60. The fraction of sp³-hybridized carbons (Fsp3) is 0.235. The highest BCUT2D eigenvalue weighted by Crippen LogP contribution is 2.24. The predicted octanol–water partition coefficient (Wildman–Crippen LogP) is 2.98. The summed E-state index contributed by atoms with van der Waals surface area (Å²) in [6.07, 6.45) is 0. The Hall–Kier alpha value is -2.49. The molecule has 2 aromatic carbocycles. The molecule has 2 rings (SSSR count). The van der Waals surface area contributed by atoms with E-state index in [4.69, 9.17) is 0 Å². The number of phenols is 1. The highest BCUT2D eigenvalue weighted by Gasteiger charge is 2.10. The Morgan fingerprint density at radius 3 is 2.57 bits per heavy atom. The molecule has 0 aliphatic heterocycles. The molecule has 4 heteroatoms. The average molecular weight is 284 g/mol. The van der Waals surface area contributed by atoms with Crippen LogP contribution in [0.5, 0.6) is 5.75 Å². The molecule has 0 heterocycles. The second-order valence-corrected chi connectivity index (χ2v) is 4.99. The topological polar surface area (TPSA) is 61.4 Å². The van der Waals surface area contributed by atoms with Gasteiger partial charge in [0.05, 0.1) is 0 Å². The molecule has 1 amide bonds. The lowest BCUT2D eigenvalue weighted by Crippen LogP contribution is -2.19. The van der Waals surface area contributed by atoms with Crippen molar-refractivity contribution in [2.24, 2.45) is 0 Å². The first-order valence-electron chi connectivity index (χ1n) is 6.87. The predicted molar refractivity (Wildman–Crippen MR) is 84.7 cm³/mol. The second-order valence-electron chi connectivity index (χ2n) is 4.99. The van der Waals surface area contributed by atoms with E-state index in [9.17, 15) is 9.90 Å². The largest absolute Gasteiger partial charge is 0.507 e. The van der Waals surface area contributed by atoms with Gasteiger partial charge in [-0.1, -0.05) is 24.3 Å². The van der Waals surface area contributed by atoms with Crippen LogP contribution in [-0.4, -0.2) is 18.1 Å². The molecule has 0 saturated carbocycles. The van der Waals surface area contributed by atoms with Crippen molar-refractivity contribution >= 4 is 11.6 Å². The molecule has 2 aromatic rings. The number of amides is 1. The summed E-state index contributed by atoms with van der Waals surface area (Å²) in [6.45, 7) is 4.28. The zero-order valence-electron chi connectivity index (χ0n) is 12.5. The van der Waals surface area contributed by atoms with Crippen molar-refractivity contribution in [3.63, 3.8) is 0 Å². The third kappa shape index (κ3) is 3.16. The maximum Gasteiger partial charge on any atom is 0.251 e. The van der Waals surface area contributed by atoms with Gasteiger partial charge in [0.15, 0.2) is 0 Å². The van der Waals surface area contributed by atoms with Gasteiger partial charge >= 0.3 is 0 Å². The molecule has 110 valence electrons. The van der Waals surface area contributed by atoms with Gasteiger partial charge < -0.3 is 15.7 Å². The van der Waals surface area contributed by atoms with Gasteiger partial charge in [-0.2, -0.15) is 0 Å². The van der Waals surface area contributed by atoms with E-state index >= 15 is 0 Å². The van der Waals surface area contributed by atoms with Crippen molar-refractivity contribution in [2.45, 2.75) is 20.4 Å². The van der Waals surface area contributed by atoms with Crippen LogP contribution in [0.4, 0.5) is 5.69 Å². The molecule has 0 spiro atoms. The zero-order valence-corrected chi connectivity index (χ0v) is 12.5. The van der Waals surface area contributed by atoms with E-state index in [1.165, 1.54) is 0 Å². The minimum atomic E-state index is -0.102. The molecule has 0 aliphatic carbocycles. The fourth-order valence-corrected chi connectivity index (χ4v) is 2.26. The Balaban J connectivity index is 2.21. The number of hydrogen-bond donors (Lipinski definition) is 3. The molecule has 0 atom stereocenters. The molecule has 21 heavy (non-hydrogen) atoms. The van der Waals surface area contributed by atoms with Gasteiger partial charge in [0.25, 0.3) is 5.91 Å². The van der Waals surface area contributed by atoms with Crippen molar-refractivity contribution in [2.75, 3.05) is 12.4 Å². The fourth-order valence-electron chi connectivity index (χ4n) is 2.26. The Morgan fingerprint density at radius 2 is 1.86 bits per heavy atom. The molecule has 0 bridgehead atoms. The number of carbonyl (C=O) groups excluding carboxylic acids is 1. The number of rotatable bonds is 4. The Morgan fingerprint density at radius 1 is 1.14 bits per heavy atom. The highest BCUT2D eigenvalue weighted by molar-refractivity contribution is 5.96. The monoisotopic (exact) mass is 284 g/mol. The summed E-state index contributed by atoms with van der Waals surface area (Å²) in [5.41, 5.74) is 4.11. The smallest absolute Gasteiger partial charge is 0.251 e. The quantitative estimate of drug-likeness (QED) is 0.809. The van der Waals surface area contributed by atoms with E-state index < -0.39 is 0 Å². The van der Waals surface area contributed by atoms with Crippen LogP contribution in [0.25, 0.3) is 0 Å². The first-order valence-corrected chi connectivity index (χ1v) is 6.87. The first-order chi connectivity index (χ1) is 10.0.